The van der Waals surface area contributed by atoms with Crippen LogP contribution in [-0.4, -0.2) is 35.6 Å². The number of nitrogens with zero attached hydrogens (tertiary/aromatic N) is 2. The summed E-state index contributed by atoms with van der Waals surface area (Å²) in [5.74, 6) is 1.25. The van der Waals surface area contributed by atoms with Crippen LogP contribution in [0, 0.1) is 5.82 Å². The Morgan fingerprint density at radius 2 is 2.20 bits per heavy atom. The summed E-state index contributed by atoms with van der Waals surface area (Å²) in [6, 6.07) is 5.19. The van der Waals surface area contributed by atoms with Gasteiger partial charge in [0.25, 0.3) is 5.91 Å². The van der Waals surface area contributed by atoms with E-state index in [0.717, 1.165) is 17.0 Å². The topological polar surface area (TPSA) is 81.1 Å². The Morgan fingerprint density at radius 1 is 1.36 bits per heavy atom. The number of aromatic nitrogens is 2. The molecule has 25 heavy (non-hydrogen) atoms. The Kier molecular flexibility index (Phi) is 4.07. The predicted octanol–water partition coefficient (Wildman–Crippen LogP) is 2.38. The maximum atomic E-state index is 13.4. The molecule has 0 saturated carbocycles. The van der Waals surface area contributed by atoms with Crippen LogP contribution in [0.25, 0.3) is 0 Å². The molecule has 1 aromatic heterocycles. The number of anilines is 1. The fourth-order valence-corrected chi connectivity index (χ4v) is 5.93. The highest BCUT2D eigenvalue weighted by atomic mass is 32.2. The largest absolute Gasteiger partial charge is 0.306 e. The number of rotatable bonds is 3. The first-order valence-electron chi connectivity index (χ1n) is 7.88. The standard InChI is InChI=1S/C16H16FN3O3S2/c17-11-3-1-2-10(6-11)16(21)18-15-13-7-24-8-14(13)19-20(15)12-4-5-25(22,23)9-12/h1-3,6,12H,4-5,7-9H2,(H,18,21). The van der Waals surface area contributed by atoms with Gasteiger partial charge in [-0.2, -0.15) is 16.9 Å². The van der Waals surface area contributed by atoms with E-state index in [9.17, 15) is 17.6 Å². The van der Waals surface area contributed by atoms with Crippen molar-refractivity contribution in [3.05, 3.63) is 46.9 Å². The van der Waals surface area contributed by atoms with Gasteiger partial charge in [-0.1, -0.05) is 6.07 Å². The molecule has 1 atom stereocenters. The van der Waals surface area contributed by atoms with Crippen molar-refractivity contribution in [3.8, 4) is 0 Å². The molecule has 9 heteroatoms. The molecule has 1 saturated heterocycles. The number of sulfone groups is 1. The number of carbonyl (C=O) groups excluding carboxylic acids is 1. The number of amides is 1. The molecule has 4 rings (SSSR count). The first kappa shape index (κ1) is 16.6. The predicted molar refractivity (Wildman–Crippen MR) is 93.9 cm³/mol. The van der Waals surface area contributed by atoms with Crippen LogP contribution in [0.2, 0.25) is 0 Å². The number of hydrogen-bond acceptors (Lipinski definition) is 5. The van der Waals surface area contributed by atoms with E-state index in [-0.39, 0.29) is 23.1 Å². The second-order valence-corrected chi connectivity index (χ2v) is 9.45. The Morgan fingerprint density at radius 3 is 2.92 bits per heavy atom. The zero-order valence-corrected chi connectivity index (χ0v) is 14.9. The molecule has 132 valence electrons. The van der Waals surface area contributed by atoms with E-state index in [1.165, 1.54) is 24.3 Å². The van der Waals surface area contributed by atoms with E-state index in [1.54, 1.807) is 16.4 Å². The molecule has 1 aromatic carbocycles. The first-order chi connectivity index (χ1) is 11.9. The number of hydrogen-bond donors (Lipinski definition) is 1. The van der Waals surface area contributed by atoms with Crippen LogP contribution < -0.4 is 5.32 Å². The van der Waals surface area contributed by atoms with Crippen molar-refractivity contribution >= 4 is 33.3 Å². The molecule has 6 nitrogen and oxygen atoms in total. The minimum atomic E-state index is -3.07. The van der Waals surface area contributed by atoms with Crippen molar-refractivity contribution in [2.24, 2.45) is 0 Å². The van der Waals surface area contributed by atoms with Crippen LogP contribution in [0.4, 0.5) is 10.2 Å². The van der Waals surface area contributed by atoms with Gasteiger partial charge < -0.3 is 5.32 Å². The summed E-state index contributed by atoms with van der Waals surface area (Å²) in [6.45, 7) is 0. The molecule has 2 aromatic rings. The van der Waals surface area contributed by atoms with Crippen LogP contribution in [0.1, 0.15) is 34.1 Å². The van der Waals surface area contributed by atoms with Crippen molar-refractivity contribution in [2.45, 2.75) is 24.0 Å². The van der Waals surface area contributed by atoms with Crippen LogP contribution in [0.15, 0.2) is 24.3 Å². The Balaban J connectivity index is 1.68. The van der Waals surface area contributed by atoms with Gasteiger partial charge in [-0.25, -0.2) is 17.5 Å². The first-order valence-corrected chi connectivity index (χ1v) is 10.9. The summed E-state index contributed by atoms with van der Waals surface area (Å²) in [6.07, 6.45) is 0.485. The van der Waals surface area contributed by atoms with Gasteiger partial charge in [0.15, 0.2) is 9.84 Å². The fraction of sp³-hybridized carbons (Fsp3) is 0.375. The second kappa shape index (κ2) is 6.14. The van der Waals surface area contributed by atoms with Crippen molar-refractivity contribution in [2.75, 3.05) is 16.8 Å². The maximum absolute atomic E-state index is 13.4. The minimum Gasteiger partial charge on any atom is -0.306 e. The number of benzene rings is 1. The molecule has 0 bridgehead atoms. The highest BCUT2D eigenvalue weighted by Crippen LogP contribution is 2.38. The van der Waals surface area contributed by atoms with Crippen molar-refractivity contribution in [3.63, 3.8) is 0 Å². The molecule has 0 aliphatic carbocycles. The molecule has 0 spiro atoms. The molecule has 1 unspecified atom stereocenters. The SMILES string of the molecule is O=C(Nc1c2c(nn1C1CCS(=O)(=O)C1)CSC2)c1cccc(F)c1. The third kappa shape index (κ3) is 3.18. The molecular formula is C16H16FN3O3S2. The Labute approximate surface area is 148 Å². The number of carbonyl (C=O) groups is 1. The summed E-state index contributed by atoms with van der Waals surface area (Å²) in [5.41, 5.74) is 2.02. The molecule has 2 aliphatic heterocycles. The van der Waals surface area contributed by atoms with E-state index >= 15 is 0 Å². The fourth-order valence-electron chi connectivity index (χ4n) is 3.21. The lowest BCUT2D eigenvalue weighted by atomic mass is 10.2. The number of fused-ring (bicyclic) bond motifs is 1. The number of nitrogens with one attached hydrogen (secondary N) is 1. The van der Waals surface area contributed by atoms with E-state index in [2.05, 4.69) is 10.4 Å². The lowest BCUT2D eigenvalue weighted by molar-refractivity contribution is 0.102. The van der Waals surface area contributed by atoms with E-state index in [0.29, 0.717) is 18.0 Å². The van der Waals surface area contributed by atoms with Crippen LogP contribution >= 0.6 is 11.8 Å². The normalized spacial score (nSPS) is 21.2. The minimum absolute atomic E-state index is 0.0313. The quantitative estimate of drug-likeness (QED) is 0.883. The lowest BCUT2D eigenvalue weighted by Gasteiger charge is -2.15. The molecule has 1 fully saturated rings. The maximum Gasteiger partial charge on any atom is 0.256 e. The average molecular weight is 381 g/mol. The van der Waals surface area contributed by atoms with Gasteiger partial charge in [-0.05, 0) is 24.6 Å². The van der Waals surface area contributed by atoms with Gasteiger partial charge >= 0.3 is 0 Å². The van der Waals surface area contributed by atoms with Crippen molar-refractivity contribution in [1.29, 1.82) is 0 Å². The van der Waals surface area contributed by atoms with Gasteiger partial charge in [0.1, 0.15) is 11.6 Å². The Bertz CT molecular complexity index is 956. The molecule has 3 heterocycles. The summed E-state index contributed by atoms with van der Waals surface area (Å²) in [7, 11) is -3.07. The molecule has 2 aliphatic rings. The van der Waals surface area contributed by atoms with Crippen LogP contribution in [-0.2, 0) is 21.3 Å². The van der Waals surface area contributed by atoms with Gasteiger partial charge in [-0.15, -0.1) is 0 Å². The van der Waals surface area contributed by atoms with Crippen LogP contribution in [0.5, 0.6) is 0 Å². The highest BCUT2D eigenvalue weighted by molar-refractivity contribution is 7.98. The third-order valence-corrected chi connectivity index (χ3v) is 7.17. The molecule has 0 radical (unpaired) electrons. The zero-order valence-electron chi connectivity index (χ0n) is 13.2. The van der Waals surface area contributed by atoms with E-state index in [4.69, 9.17) is 0 Å². The number of halogens is 1. The van der Waals surface area contributed by atoms with E-state index < -0.39 is 21.6 Å². The highest BCUT2D eigenvalue weighted by Gasteiger charge is 2.34. The summed E-state index contributed by atoms with van der Waals surface area (Å²) >= 11 is 1.69. The van der Waals surface area contributed by atoms with Crippen LogP contribution in [0.3, 0.4) is 0 Å². The second-order valence-electron chi connectivity index (χ2n) is 6.23. The van der Waals surface area contributed by atoms with E-state index in [1.807, 2.05) is 0 Å². The monoisotopic (exact) mass is 381 g/mol. The summed E-state index contributed by atoms with van der Waals surface area (Å²) in [5, 5.41) is 7.37. The lowest BCUT2D eigenvalue weighted by Crippen LogP contribution is -2.20. The molecular weight excluding hydrogens is 365 g/mol. The van der Waals surface area contributed by atoms with Crippen molar-refractivity contribution < 1.29 is 17.6 Å². The van der Waals surface area contributed by atoms with Gasteiger partial charge in [0, 0.05) is 22.6 Å². The summed E-state index contributed by atoms with van der Waals surface area (Å²) < 4.78 is 38.6. The third-order valence-electron chi connectivity index (χ3n) is 4.45. The molecule has 1 amide bonds. The van der Waals surface area contributed by atoms with Gasteiger partial charge in [0.05, 0.1) is 23.2 Å². The Hall–Kier alpha value is -1.87. The average Bonchev–Trinajstić information content (AvgIpc) is 3.23. The zero-order chi connectivity index (χ0) is 17.6. The number of thioether (sulfide) groups is 1. The summed E-state index contributed by atoms with van der Waals surface area (Å²) in [4.78, 5) is 12.5. The smallest absolute Gasteiger partial charge is 0.256 e. The van der Waals surface area contributed by atoms with Crippen molar-refractivity contribution in [1.82, 2.24) is 9.78 Å². The molecule has 1 N–H and O–H groups in total. The van der Waals surface area contributed by atoms with Gasteiger partial charge in [0.2, 0.25) is 0 Å². The van der Waals surface area contributed by atoms with Gasteiger partial charge in [-0.3, -0.25) is 4.79 Å².